The average Bonchev–Trinajstić information content (AvgIpc) is 2.68. The number of alkyl carbamates (subject to hydrolysis) is 1. The van der Waals surface area contributed by atoms with Gasteiger partial charge in [0.15, 0.2) is 0 Å². The maximum Gasteiger partial charge on any atom is 0.408 e. The average molecular weight is 463 g/mol. The molecule has 4 amide bonds. The summed E-state index contributed by atoms with van der Waals surface area (Å²) in [6.07, 6.45) is 0.419. The van der Waals surface area contributed by atoms with Gasteiger partial charge in [0.2, 0.25) is 17.7 Å². The summed E-state index contributed by atoms with van der Waals surface area (Å²) in [6.45, 7) is 11.4. The van der Waals surface area contributed by atoms with Gasteiger partial charge in [0, 0.05) is 13.6 Å². The Morgan fingerprint density at radius 1 is 1.12 bits per heavy atom. The van der Waals surface area contributed by atoms with E-state index in [1.54, 1.807) is 26.8 Å². The Morgan fingerprint density at radius 2 is 1.76 bits per heavy atom. The van der Waals surface area contributed by atoms with Crippen LogP contribution in [0.3, 0.4) is 0 Å². The SMILES string of the molecule is CCCCNC(=O)C(c1ccc(C)c(C)c1)N(C)C(=O)C(CC(N)=O)NC(=O)OC(C)(C)C. The summed E-state index contributed by atoms with van der Waals surface area (Å²) >= 11 is 0. The number of hydrogen-bond acceptors (Lipinski definition) is 5. The summed E-state index contributed by atoms with van der Waals surface area (Å²) in [5.74, 6) is -1.75. The second-order valence-corrected chi connectivity index (χ2v) is 9.21. The molecule has 1 aromatic carbocycles. The van der Waals surface area contributed by atoms with E-state index in [2.05, 4.69) is 10.6 Å². The molecular formula is C24H38N4O5. The predicted molar refractivity (Wildman–Crippen MR) is 126 cm³/mol. The van der Waals surface area contributed by atoms with Crippen LogP contribution in [0.5, 0.6) is 0 Å². The number of ether oxygens (including phenoxy) is 1. The van der Waals surface area contributed by atoms with E-state index >= 15 is 0 Å². The Hall–Kier alpha value is -3.10. The van der Waals surface area contributed by atoms with Crippen LogP contribution in [0.4, 0.5) is 4.79 Å². The lowest BCUT2D eigenvalue weighted by Gasteiger charge is -2.31. The summed E-state index contributed by atoms with van der Waals surface area (Å²) in [6, 6.07) is 3.30. The number of carbonyl (C=O) groups is 4. The van der Waals surface area contributed by atoms with Gasteiger partial charge in [-0.2, -0.15) is 0 Å². The van der Waals surface area contributed by atoms with Crippen LogP contribution in [0.15, 0.2) is 18.2 Å². The number of benzene rings is 1. The molecule has 0 fully saturated rings. The quantitative estimate of drug-likeness (QED) is 0.460. The highest BCUT2D eigenvalue weighted by atomic mass is 16.6. The molecule has 0 heterocycles. The zero-order chi connectivity index (χ0) is 25.3. The fourth-order valence-electron chi connectivity index (χ4n) is 3.19. The molecule has 0 radical (unpaired) electrons. The standard InChI is InChI=1S/C24H38N4O5/c1-8-9-12-26-21(30)20(17-11-10-15(2)16(3)13-17)28(7)22(31)18(14-19(25)29)27-23(32)33-24(4,5)6/h10-11,13,18,20H,8-9,12,14H2,1-7H3,(H2,25,29)(H,26,30)(H,27,32). The molecule has 9 nitrogen and oxygen atoms in total. The normalized spacial score (nSPS) is 12.9. The Balaban J connectivity index is 3.26. The number of nitrogens with two attached hydrogens (primary N) is 1. The molecule has 2 atom stereocenters. The molecule has 33 heavy (non-hydrogen) atoms. The van der Waals surface area contributed by atoms with E-state index in [1.165, 1.54) is 11.9 Å². The summed E-state index contributed by atoms with van der Waals surface area (Å²) in [4.78, 5) is 51.6. The third-order valence-electron chi connectivity index (χ3n) is 5.05. The van der Waals surface area contributed by atoms with Crippen molar-refractivity contribution in [3.63, 3.8) is 0 Å². The van der Waals surface area contributed by atoms with Crippen molar-refractivity contribution < 1.29 is 23.9 Å². The number of aryl methyl sites for hydroxylation is 2. The van der Waals surface area contributed by atoms with Gasteiger partial charge in [0.05, 0.1) is 6.42 Å². The molecule has 0 spiro atoms. The van der Waals surface area contributed by atoms with Gasteiger partial charge < -0.3 is 26.0 Å². The summed E-state index contributed by atoms with van der Waals surface area (Å²) < 4.78 is 5.21. The Kier molecular flexibility index (Phi) is 10.3. The third kappa shape index (κ3) is 9.11. The number of nitrogens with zero attached hydrogens (tertiary/aromatic N) is 1. The zero-order valence-electron chi connectivity index (χ0n) is 20.8. The van der Waals surface area contributed by atoms with Crippen LogP contribution >= 0.6 is 0 Å². The number of hydrogen-bond donors (Lipinski definition) is 3. The van der Waals surface area contributed by atoms with Crippen LogP contribution in [0.25, 0.3) is 0 Å². The first-order chi connectivity index (χ1) is 15.3. The van der Waals surface area contributed by atoms with E-state index in [4.69, 9.17) is 10.5 Å². The van der Waals surface area contributed by atoms with Crippen molar-refractivity contribution in [1.82, 2.24) is 15.5 Å². The number of nitrogens with one attached hydrogen (secondary N) is 2. The van der Waals surface area contributed by atoms with Crippen LogP contribution in [0.1, 0.15) is 69.7 Å². The van der Waals surface area contributed by atoms with Gasteiger partial charge in [-0.3, -0.25) is 14.4 Å². The molecule has 0 bridgehead atoms. The highest BCUT2D eigenvalue weighted by Gasteiger charge is 2.34. The first-order valence-corrected chi connectivity index (χ1v) is 11.2. The summed E-state index contributed by atoms with van der Waals surface area (Å²) in [5.41, 5.74) is 7.17. The maximum atomic E-state index is 13.3. The molecular weight excluding hydrogens is 424 g/mol. The van der Waals surface area contributed by atoms with Gasteiger partial charge >= 0.3 is 6.09 Å². The number of likely N-dealkylation sites (N-methyl/N-ethyl adjacent to an activating group) is 1. The van der Waals surface area contributed by atoms with Crippen LogP contribution in [0.2, 0.25) is 0 Å². The highest BCUT2D eigenvalue weighted by molar-refractivity contribution is 5.94. The fourth-order valence-corrected chi connectivity index (χ4v) is 3.19. The minimum Gasteiger partial charge on any atom is -0.444 e. The Morgan fingerprint density at radius 3 is 2.27 bits per heavy atom. The molecule has 1 rings (SSSR count). The predicted octanol–water partition coefficient (Wildman–Crippen LogP) is 2.49. The molecule has 9 heteroatoms. The lowest BCUT2D eigenvalue weighted by Crippen LogP contribution is -2.52. The van der Waals surface area contributed by atoms with Crippen molar-refractivity contribution in [3.05, 3.63) is 34.9 Å². The Labute approximate surface area is 196 Å². The van der Waals surface area contributed by atoms with E-state index in [9.17, 15) is 19.2 Å². The van der Waals surface area contributed by atoms with E-state index in [-0.39, 0.29) is 5.91 Å². The van der Waals surface area contributed by atoms with Gasteiger partial charge in [-0.15, -0.1) is 0 Å². The number of amides is 4. The monoisotopic (exact) mass is 462 g/mol. The smallest absolute Gasteiger partial charge is 0.408 e. The summed E-state index contributed by atoms with van der Waals surface area (Å²) in [5, 5.41) is 5.29. The minimum atomic E-state index is -1.28. The van der Waals surface area contributed by atoms with Crippen LogP contribution in [0, 0.1) is 13.8 Å². The molecule has 0 aliphatic carbocycles. The molecule has 0 saturated heterocycles. The fraction of sp³-hybridized carbons (Fsp3) is 0.583. The molecule has 4 N–H and O–H groups in total. The molecule has 2 unspecified atom stereocenters. The van der Waals surface area contributed by atoms with Crippen molar-refractivity contribution in [2.24, 2.45) is 5.73 Å². The van der Waals surface area contributed by atoms with Crippen LogP contribution < -0.4 is 16.4 Å². The lowest BCUT2D eigenvalue weighted by atomic mass is 9.98. The van der Waals surface area contributed by atoms with E-state index < -0.39 is 42.0 Å². The molecule has 0 aromatic heterocycles. The van der Waals surface area contributed by atoms with Gasteiger partial charge in [-0.05, 0) is 57.7 Å². The number of carbonyl (C=O) groups excluding carboxylic acids is 4. The zero-order valence-corrected chi connectivity index (χ0v) is 20.8. The van der Waals surface area contributed by atoms with Crippen molar-refractivity contribution in [2.75, 3.05) is 13.6 Å². The molecule has 1 aromatic rings. The first kappa shape index (κ1) is 27.9. The molecule has 0 saturated carbocycles. The first-order valence-electron chi connectivity index (χ1n) is 11.2. The van der Waals surface area contributed by atoms with E-state index in [0.717, 1.165) is 24.0 Å². The van der Waals surface area contributed by atoms with Crippen LogP contribution in [-0.2, 0) is 19.1 Å². The summed E-state index contributed by atoms with van der Waals surface area (Å²) in [7, 11) is 1.46. The number of primary amides is 1. The topological polar surface area (TPSA) is 131 Å². The second kappa shape index (κ2) is 12.2. The van der Waals surface area contributed by atoms with Crippen molar-refractivity contribution in [2.45, 2.75) is 78.5 Å². The second-order valence-electron chi connectivity index (χ2n) is 9.21. The highest BCUT2D eigenvalue weighted by Crippen LogP contribution is 2.24. The van der Waals surface area contributed by atoms with Crippen molar-refractivity contribution in [1.29, 1.82) is 0 Å². The molecule has 0 aliphatic rings. The van der Waals surface area contributed by atoms with Gasteiger partial charge in [-0.1, -0.05) is 31.5 Å². The van der Waals surface area contributed by atoms with Gasteiger partial charge in [0.25, 0.3) is 0 Å². The largest absolute Gasteiger partial charge is 0.444 e. The van der Waals surface area contributed by atoms with E-state index in [1.807, 2.05) is 32.9 Å². The van der Waals surface area contributed by atoms with Crippen molar-refractivity contribution in [3.8, 4) is 0 Å². The van der Waals surface area contributed by atoms with Crippen molar-refractivity contribution >= 4 is 23.8 Å². The van der Waals surface area contributed by atoms with Gasteiger partial charge in [0.1, 0.15) is 17.7 Å². The number of unbranched alkanes of at least 4 members (excludes halogenated alkanes) is 1. The molecule has 184 valence electrons. The van der Waals surface area contributed by atoms with Crippen LogP contribution in [-0.4, -0.2) is 54.0 Å². The van der Waals surface area contributed by atoms with Gasteiger partial charge in [-0.25, -0.2) is 4.79 Å². The lowest BCUT2D eigenvalue weighted by molar-refractivity contribution is -0.141. The molecule has 0 aliphatic heterocycles. The Bertz CT molecular complexity index is 863. The third-order valence-corrected chi connectivity index (χ3v) is 5.05. The maximum absolute atomic E-state index is 13.3. The van der Waals surface area contributed by atoms with E-state index in [0.29, 0.717) is 12.1 Å². The minimum absolute atomic E-state index is 0.349. The number of rotatable bonds is 10.